The summed E-state index contributed by atoms with van der Waals surface area (Å²) in [5, 5.41) is 9.75. The summed E-state index contributed by atoms with van der Waals surface area (Å²) in [5.74, 6) is 1.07. The van der Waals surface area contributed by atoms with Crippen molar-refractivity contribution < 1.29 is 9.90 Å². The lowest BCUT2D eigenvalue weighted by Crippen LogP contribution is -2.43. The second kappa shape index (κ2) is 9.54. The highest BCUT2D eigenvalue weighted by molar-refractivity contribution is 8.00. The highest BCUT2D eigenvalue weighted by Crippen LogP contribution is 2.34. The number of piperidine rings is 1. The van der Waals surface area contributed by atoms with Crippen LogP contribution in [0.1, 0.15) is 61.4 Å². The van der Waals surface area contributed by atoms with Gasteiger partial charge in [-0.3, -0.25) is 9.69 Å². The third-order valence-electron chi connectivity index (χ3n) is 6.46. The third kappa shape index (κ3) is 4.81. The van der Waals surface area contributed by atoms with Gasteiger partial charge in [-0.1, -0.05) is 31.4 Å². The van der Waals surface area contributed by atoms with E-state index in [9.17, 15) is 9.90 Å². The fourth-order valence-electron chi connectivity index (χ4n) is 4.46. The highest BCUT2D eigenvalue weighted by atomic mass is 32.2. The van der Waals surface area contributed by atoms with Crippen molar-refractivity contribution in [1.82, 2.24) is 9.80 Å². The average molecular weight is 416 g/mol. The smallest absolute Gasteiger partial charge is 0.253 e. The van der Waals surface area contributed by atoms with E-state index in [0.29, 0.717) is 25.9 Å². The van der Waals surface area contributed by atoms with Crippen LogP contribution >= 0.6 is 11.9 Å². The number of likely N-dealkylation sites (tertiary alicyclic amines) is 1. The van der Waals surface area contributed by atoms with E-state index in [-0.39, 0.29) is 12.0 Å². The van der Waals surface area contributed by atoms with Crippen LogP contribution in [0, 0.1) is 0 Å². The molecule has 0 radical (unpaired) electrons. The van der Waals surface area contributed by atoms with Gasteiger partial charge in [0.15, 0.2) is 0 Å². The van der Waals surface area contributed by atoms with E-state index in [2.05, 4.69) is 34.8 Å². The van der Waals surface area contributed by atoms with Crippen LogP contribution in [0.3, 0.4) is 0 Å². The molecule has 0 unspecified atom stereocenters. The molecule has 1 aliphatic carbocycles. The molecule has 0 spiro atoms. The zero-order valence-corrected chi connectivity index (χ0v) is 18.2. The molecule has 2 fully saturated rings. The molecule has 4 rings (SSSR count). The summed E-state index contributed by atoms with van der Waals surface area (Å²) >= 11 is 1.69. The molecule has 6 heteroatoms. The first-order valence-corrected chi connectivity index (χ1v) is 12.1. The van der Waals surface area contributed by atoms with Crippen LogP contribution in [0.2, 0.25) is 0 Å². The predicted octanol–water partition coefficient (Wildman–Crippen LogP) is 4.01. The molecule has 1 aromatic rings. The predicted molar refractivity (Wildman–Crippen MR) is 121 cm³/mol. The van der Waals surface area contributed by atoms with Crippen LogP contribution in [-0.4, -0.2) is 64.9 Å². The first kappa shape index (κ1) is 20.8. The van der Waals surface area contributed by atoms with Gasteiger partial charge in [-0.05, 0) is 55.9 Å². The number of amides is 1. The first-order valence-electron chi connectivity index (χ1n) is 11.1. The van der Waals surface area contributed by atoms with Crippen LogP contribution in [0.4, 0.5) is 5.69 Å². The molecule has 1 saturated heterocycles. The van der Waals surface area contributed by atoms with Gasteiger partial charge in [0.2, 0.25) is 0 Å². The Kier molecular flexibility index (Phi) is 6.83. The number of hydrogen-bond acceptors (Lipinski definition) is 5. The number of hydrogen-bond donors (Lipinski definition) is 2. The van der Waals surface area contributed by atoms with Gasteiger partial charge < -0.3 is 14.7 Å². The maximum absolute atomic E-state index is 13.1. The van der Waals surface area contributed by atoms with Crippen LogP contribution in [-0.2, 0) is 0 Å². The van der Waals surface area contributed by atoms with E-state index in [1.54, 1.807) is 11.9 Å². The normalized spacial score (nSPS) is 21.6. The lowest BCUT2D eigenvalue weighted by atomic mass is 9.88. The lowest BCUT2D eigenvalue weighted by Gasteiger charge is -2.40. The maximum atomic E-state index is 13.1. The number of benzene rings is 1. The Morgan fingerprint density at radius 1 is 1.21 bits per heavy atom. The summed E-state index contributed by atoms with van der Waals surface area (Å²) in [6.07, 6.45) is 8.52. The van der Waals surface area contributed by atoms with Gasteiger partial charge >= 0.3 is 0 Å². The largest absolute Gasteiger partial charge is 0.393 e. The topological polar surface area (TPSA) is 55.8 Å². The summed E-state index contributed by atoms with van der Waals surface area (Å²) in [6.45, 7) is 5.54. The van der Waals surface area contributed by atoms with E-state index in [1.807, 2.05) is 11.0 Å². The second-order valence-electron chi connectivity index (χ2n) is 8.39. The fourth-order valence-corrected chi connectivity index (χ4v) is 4.94. The maximum Gasteiger partial charge on any atom is 0.253 e. The van der Waals surface area contributed by atoms with E-state index < -0.39 is 0 Å². The SMILES string of the molecule is CCSNc1ccc(C(=O)N2CCC(O)CC2)cc1C1=CCCN(C2CCC2)C1. The van der Waals surface area contributed by atoms with Crippen molar-refractivity contribution in [3.8, 4) is 0 Å². The molecule has 0 aromatic heterocycles. The molecule has 0 bridgehead atoms. The Hall–Kier alpha value is -1.50. The van der Waals surface area contributed by atoms with Crippen molar-refractivity contribution in [3.05, 3.63) is 35.4 Å². The van der Waals surface area contributed by atoms with Gasteiger partial charge in [0.25, 0.3) is 5.91 Å². The summed E-state index contributed by atoms with van der Waals surface area (Å²) in [7, 11) is 0. The van der Waals surface area contributed by atoms with Gasteiger partial charge in [0.1, 0.15) is 0 Å². The minimum absolute atomic E-state index is 0.0834. The number of nitrogens with one attached hydrogen (secondary N) is 1. The molecule has 158 valence electrons. The molecule has 29 heavy (non-hydrogen) atoms. The van der Waals surface area contributed by atoms with Crippen molar-refractivity contribution in [2.45, 2.75) is 57.6 Å². The average Bonchev–Trinajstić information content (AvgIpc) is 2.71. The molecule has 3 aliphatic rings. The summed E-state index contributed by atoms with van der Waals surface area (Å²) in [6, 6.07) is 6.84. The van der Waals surface area contributed by atoms with Gasteiger partial charge in [-0.2, -0.15) is 0 Å². The van der Waals surface area contributed by atoms with Crippen LogP contribution in [0.25, 0.3) is 5.57 Å². The van der Waals surface area contributed by atoms with E-state index in [0.717, 1.165) is 48.1 Å². The van der Waals surface area contributed by atoms with Gasteiger partial charge in [0, 0.05) is 49.1 Å². The van der Waals surface area contributed by atoms with Crippen molar-refractivity contribution in [2.75, 3.05) is 36.7 Å². The number of carbonyl (C=O) groups is 1. The molecule has 1 saturated carbocycles. The van der Waals surface area contributed by atoms with E-state index in [4.69, 9.17) is 0 Å². The summed E-state index contributed by atoms with van der Waals surface area (Å²) in [4.78, 5) is 17.6. The molecule has 2 N–H and O–H groups in total. The summed E-state index contributed by atoms with van der Waals surface area (Å²) in [5.41, 5.74) is 4.36. The Morgan fingerprint density at radius 3 is 2.69 bits per heavy atom. The number of rotatable bonds is 6. The Bertz CT molecular complexity index is 754. The lowest BCUT2D eigenvalue weighted by molar-refractivity contribution is 0.0546. The van der Waals surface area contributed by atoms with Gasteiger partial charge in [-0.15, -0.1) is 0 Å². The standard InChI is InChI=1S/C23H33N3O2S/c1-2-29-24-22-9-8-17(23(28)25-13-10-20(27)11-14-25)15-21(22)18-5-4-12-26(16-18)19-6-3-7-19/h5,8-9,15,19-20,24,27H,2-4,6-7,10-14,16H2,1H3. The monoisotopic (exact) mass is 415 g/mol. The number of aliphatic hydroxyl groups excluding tert-OH is 1. The molecule has 2 aliphatic heterocycles. The number of aliphatic hydroxyl groups is 1. The summed E-state index contributed by atoms with van der Waals surface area (Å²) < 4.78 is 3.48. The highest BCUT2D eigenvalue weighted by Gasteiger charge is 2.28. The molecule has 0 atom stereocenters. The van der Waals surface area contributed by atoms with E-state index in [1.165, 1.54) is 24.8 Å². The third-order valence-corrected chi connectivity index (χ3v) is 7.12. The Balaban J connectivity index is 1.57. The van der Waals surface area contributed by atoms with Crippen molar-refractivity contribution >= 4 is 29.1 Å². The van der Waals surface area contributed by atoms with Crippen LogP contribution < -0.4 is 4.72 Å². The molecular weight excluding hydrogens is 382 g/mol. The quantitative estimate of drug-likeness (QED) is 0.688. The van der Waals surface area contributed by atoms with E-state index >= 15 is 0 Å². The zero-order valence-electron chi connectivity index (χ0n) is 17.4. The molecular formula is C23H33N3O2S. The van der Waals surface area contributed by atoms with Gasteiger partial charge in [-0.25, -0.2) is 0 Å². The number of nitrogens with zero attached hydrogens (tertiary/aromatic N) is 2. The molecule has 2 heterocycles. The minimum atomic E-state index is -0.267. The first-order chi connectivity index (χ1) is 14.2. The van der Waals surface area contributed by atoms with Crippen molar-refractivity contribution in [2.24, 2.45) is 0 Å². The fraction of sp³-hybridized carbons (Fsp3) is 0.609. The minimum Gasteiger partial charge on any atom is -0.393 e. The Morgan fingerprint density at radius 2 is 2.00 bits per heavy atom. The van der Waals surface area contributed by atoms with Crippen molar-refractivity contribution in [1.29, 1.82) is 0 Å². The number of carbonyl (C=O) groups excluding carboxylic acids is 1. The van der Waals surface area contributed by atoms with Crippen LogP contribution in [0.15, 0.2) is 24.3 Å². The zero-order chi connectivity index (χ0) is 20.2. The number of anilines is 1. The van der Waals surface area contributed by atoms with Gasteiger partial charge in [0.05, 0.1) is 11.8 Å². The Labute approximate surface area is 178 Å². The second-order valence-corrected chi connectivity index (χ2v) is 9.46. The van der Waals surface area contributed by atoms with Crippen LogP contribution in [0.5, 0.6) is 0 Å². The molecule has 5 nitrogen and oxygen atoms in total. The molecule has 1 aromatic carbocycles. The molecule has 1 amide bonds. The van der Waals surface area contributed by atoms with Crippen molar-refractivity contribution in [3.63, 3.8) is 0 Å².